The zero-order chi connectivity index (χ0) is 10.1. The average molecular weight is 219 g/mol. The number of amides is 1. The van der Waals surface area contributed by atoms with Gasteiger partial charge in [-0.3, -0.25) is 9.69 Å². The number of carbonyl (C=O) groups is 1. The maximum atomic E-state index is 11.7. The molecule has 3 nitrogen and oxygen atoms in total. The molecule has 1 heterocycles. The minimum absolute atomic E-state index is 0.141. The summed E-state index contributed by atoms with van der Waals surface area (Å²) in [6.45, 7) is 1.29. The summed E-state index contributed by atoms with van der Waals surface area (Å²) in [4.78, 5) is 13.4. The Balaban J connectivity index is 2.53. The third kappa shape index (κ3) is 3.25. The van der Waals surface area contributed by atoms with Gasteiger partial charge in [0.1, 0.15) is 4.32 Å². The minimum atomic E-state index is 0.141. The van der Waals surface area contributed by atoms with Gasteiger partial charge in [0.2, 0.25) is 0 Å². The monoisotopic (exact) mass is 219 g/mol. The quantitative estimate of drug-likeness (QED) is 0.500. The third-order valence-corrected chi connectivity index (χ3v) is 3.10. The Labute approximate surface area is 88.7 Å². The van der Waals surface area contributed by atoms with Crippen LogP contribution in [0.2, 0.25) is 0 Å². The van der Waals surface area contributed by atoms with Crippen molar-refractivity contribution in [2.24, 2.45) is 0 Å². The lowest BCUT2D eigenvalue weighted by Crippen LogP contribution is -2.46. The molecule has 0 radical (unpaired) electrons. The van der Waals surface area contributed by atoms with Crippen LogP contribution in [0.25, 0.3) is 0 Å². The highest BCUT2D eigenvalue weighted by molar-refractivity contribution is 8.23. The number of hydrogen-bond acceptors (Lipinski definition) is 3. The lowest BCUT2D eigenvalue weighted by atomic mass is 10.4. The summed E-state index contributed by atoms with van der Waals surface area (Å²) < 4.78 is 1.39. The summed E-state index contributed by atoms with van der Waals surface area (Å²) in [5.74, 6) is 1.09. The van der Waals surface area contributed by atoms with Gasteiger partial charge in [-0.2, -0.15) is 0 Å². The van der Waals surface area contributed by atoms with Crippen molar-refractivity contribution in [1.29, 1.82) is 0 Å². The van der Waals surface area contributed by atoms with Crippen LogP contribution in [-0.2, 0) is 4.79 Å². The number of hydrogen-bond donors (Lipinski definition) is 0. The molecule has 0 atom stereocenters. The van der Waals surface area contributed by atoms with Gasteiger partial charge in [0, 0.05) is 12.3 Å². The molecule has 0 unspecified atom stereocenters. The van der Waals surface area contributed by atoms with Crippen LogP contribution in [0.15, 0.2) is 0 Å². The second-order valence-electron chi connectivity index (χ2n) is 4.11. The van der Waals surface area contributed by atoms with E-state index in [2.05, 4.69) is 0 Å². The Hall–Kier alpha value is -0.130. The predicted molar refractivity (Wildman–Crippen MR) is 59.7 cm³/mol. The molecule has 0 aromatic rings. The maximum absolute atomic E-state index is 11.7. The Bertz CT molecular complexity index is 235. The van der Waals surface area contributed by atoms with Crippen LogP contribution in [0.3, 0.4) is 0 Å². The van der Waals surface area contributed by atoms with Gasteiger partial charge < -0.3 is 4.48 Å². The molecule has 0 aromatic carbocycles. The first-order chi connectivity index (χ1) is 5.90. The number of thiocarbonyl (C=S) groups is 1. The summed E-state index contributed by atoms with van der Waals surface area (Å²) in [7, 11) is 6.01. The van der Waals surface area contributed by atoms with Gasteiger partial charge in [-0.15, -0.1) is 0 Å². The largest absolute Gasteiger partial charge is 0.323 e. The van der Waals surface area contributed by atoms with Crippen LogP contribution in [-0.4, -0.2) is 59.6 Å². The van der Waals surface area contributed by atoms with Gasteiger partial charge in [-0.05, 0) is 0 Å². The van der Waals surface area contributed by atoms with Crippen LogP contribution in [0.5, 0.6) is 0 Å². The Kier molecular flexibility index (Phi) is 3.32. The molecule has 1 fully saturated rings. The van der Waals surface area contributed by atoms with E-state index in [-0.39, 0.29) is 5.91 Å². The Morgan fingerprint density at radius 1 is 1.62 bits per heavy atom. The van der Waals surface area contributed by atoms with Gasteiger partial charge in [0.25, 0.3) is 5.91 Å². The van der Waals surface area contributed by atoms with Gasteiger partial charge in [-0.1, -0.05) is 24.0 Å². The summed E-state index contributed by atoms with van der Waals surface area (Å²) in [5.41, 5.74) is 0. The van der Waals surface area contributed by atoms with E-state index in [4.69, 9.17) is 12.2 Å². The molecule has 0 saturated carbocycles. The molecular weight excluding hydrogens is 204 g/mol. The average Bonchev–Trinajstić information content (AvgIpc) is 2.30. The number of likely N-dealkylation sites (N-methyl/N-ethyl adjacent to an activating group) is 1. The second kappa shape index (κ2) is 3.94. The molecule has 1 aliphatic heterocycles. The van der Waals surface area contributed by atoms with Gasteiger partial charge in [-0.25, -0.2) is 0 Å². The molecule has 5 heteroatoms. The number of nitrogens with zero attached hydrogens (tertiary/aromatic N) is 2. The number of thioether (sulfide) groups is 1. The molecule has 0 aromatic heterocycles. The second-order valence-corrected chi connectivity index (χ2v) is 5.84. The lowest BCUT2D eigenvalue weighted by molar-refractivity contribution is -0.862. The number of rotatable bonds is 2. The van der Waals surface area contributed by atoms with E-state index in [1.807, 2.05) is 21.1 Å². The minimum Gasteiger partial charge on any atom is -0.323 e. The fourth-order valence-corrected chi connectivity index (χ4v) is 2.35. The normalized spacial score (nSPS) is 18.1. The topological polar surface area (TPSA) is 20.3 Å². The summed E-state index contributed by atoms with van der Waals surface area (Å²) in [6, 6.07) is 0. The zero-order valence-corrected chi connectivity index (χ0v) is 9.87. The van der Waals surface area contributed by atoms with Gasteiger partial charge >= 0.3 is 0 Å². The highest BCUT2D eigenvalue weighted by atomic mass is 32.2. The van der Waals surface area contributed by atoms with E-state index in [1.54, 1.807) is 16.7 Å². The first-order valence-electron chi connectivity index (χ1n) is 4.18. The molecule has 1 saturated heterocycles. The molecule has 13 heavy (non-hydrogen) atoms. The molecule has 74 valence electrons. The lowest BCUT2D eigenvalue weighted by Gasteiger charge is -2.25. The van der Waals surface area contributed by atoms with Crippen LogP contribution in [0.4, 0.5) is 0 Å². The van der Waals surface area contributed by atoms with E-state index in [1.165, 1.54) is 0 Å². The Morgan fingerprint density at radius 3 is 2.62 bits per heavy atom. The van der Waals surface area contributed by atoms with E-state index in [0.717, 1.165) is 16.6 Å². The van der Waals surface area contributed by atoms with Crippen LogP contribution < -0.4 is 0 Å². The van der Waals surface area contributed by atoms with Crippen molar-refractivity contribution in [2.45, 2.75) is 0 Å². The molecule has 1 rings (SSSR count). The van der Waals surface area contributed by atoms with Gasteiger partial charge in [0.15, 0.2) is 6.54 Å². The zero-order valence-electron chi connectivity index (χ0n) is 8.24. The van der Waals surface area contributed by atoms with Crippen molar-refractivity contribution in [1.82, 2.24) is 4.90 Å². The van der Waals surface area contributed by atoms with Gasteiger partial charge in [0.05, 0.1) is 21.1 Å². The predicted octanol–water partition coefficient (Wildman–Crippen LogP) is 0.553. The number of carbonyl (C=O) groups excluding carboxylic acids is 1. The SMILES string of the molecule is C[N+](C)(C)CC(=O)N1CCSC1=S. The summed E-state index contributed by atoms with van der Waals surface area (Å²) >= 11 is 6.66. The molecule has 0 N–H and O–H groups in total. The van der Waals surface area contributed by atoms with Crippen LogP contribution in [0, 0.1) is 0 Å². The first-order valence-corrected chi connectivity index (χ1v) is 5.57. The van der Waals surface area contributed by atoms with Crippen LogP contribution in [0.1, 0.15) is 0 Å². The standard InChI is InChI=1S/C8H15N2OS2/c1-10(2,3)6-7(11)9-4-5-13-8(9)12/h4-6H2,1-3H3/q+1. The molecule has 0 spiro atoms. The number of quaternary nitrogens is 1. The summed E-state index contributed by atoms with van der Waals surface area (Å²) in [6.07, 6.45) is 0. The molecule has 1 aliphatic rings. The molecule has 0 bridgehead atoms. The van der Waals surface area contributed by atoms with E-state index >= 15 is 0 Å². The first kappa shape index (κ1) is 10.9. The molecule has 1 amide bonds. The molecular formula is C8H15N2OS2+. The van der Waals surface area contributed by atoms with Crippen molar-refractivity contribution >= 4 is 34.2 Å². The fourth-order valence-electron chi connectivity index (χ4n) is 1.11. The summed E-state index contributed by atoms with van der Waals surface area (Å²) in [5, 5.41) is 0. The highest BCUT2D eigenvalue weighted by Crippen LogP contribution is 2.18. The fraction of sp³-hybridized carbons (Fsp3) is 0.750. The maximum Gasteiger partial charge on any atom is 0.283 e. The highest BCUT2D eigenvalue weighted by Gasteiger charge is 2.27. The van der Waals surface area contributed by atoms with Crippen molar-refractivity contribution in [3.63, 3.8) is 0 Å². The van der Waals surface area contributed by atoms with E-state index in [9.17, 15) is 4.79 Å². The van der Waals surface area contributed by atoms with Crippen molar-refractivity contribution in [2.75, 3.05) is 40.0 Å². The van der Waals surface area contributed by atoms with Crippen LogP contribution >= 0.6 is 24.0 Å². The smallest absolute Gasteiger partial charge is 0.283 e. The molecule has 0 aliphatic carbocycles. The van der Waals surface area contributed by atoms with E-state index in [0.29, 0.717) is 11.0 Å². The van der Waals surface area contributed by atoms with Crippen molar-refractivity contribution in [3.05, 3.63) is 0 Å². The Morgan fingerprint density at radius 2 is 2.23 bits per heavy atom. The van der Waals surface area contributed by atoms with Crippen molar-refractivity contribution < 1.29 is 9.28 Å². The van der Waals surface area contributed by atoms with E-state index < -0.39 is 0 Å². The third-order valence-electron chi connectivity index (χ3n) is 1.67. The van der Waals surface area contributed by atoms with Crippen molar-refractivity contribution in [3.8, 4) is 0 Å².